The van der Waals surface area contributed by atoms with Crippen molar-refractivity contribution in [2.24, 2.45) is 11.8 Å². The molecule has 0 aromatic rings. The number of carbonyl (C=O) groups excluding carboxylic acids is 1. The summed E-state index contributed by atoms with van der Waals surface area (Å²) in [5.41, 5.74) is 0. The molecular formula is C11H22O2S. The van der Waals surface area contributed by atoms with Gasteiger partial charge in [0.15, 0.2) is 0 Å². The van der Waals surface area contributed by atoms with E-state index in [1.54, 1.807) is 0 Å². The smallest absolute Gasteiger partial charge is 0.309 e. The molecule has 0 rings (SSSR count). The summed E-state index contributed by atoms with van der Waals surface area (Å²) in [6, 6.07) is 0. The van der Waals surface area contributed by atoms with Gasteiger partial charge in [0.25, 0.3) is 0 Å². The Hall–Kier alpha value is -0.180. The maximum atomic E-state index is 11.5. The van der Waals surface area contributed by atoms with E-state index in [4.69, 9.17) is 4.74 Å². The molecular weight excluding hydrogens is 196 g/mol. The molecule has 0 radical (unpaired) electrons. The molecule has 0 aromatic carbocycles. The first kappa shape index (κ1) is 13.8. The molecule has 0 aromatic heterocycles. The lowest BCUT2D eigenvalue weighted by molar-refractivity contribution is -0.147. The van der Waals surface area contributed by atoms with Crippen LogP contribution >= 0.6 is 11.8 Å². The zero-order chi connectivity index (χ0) is 11.0. The molecule has 1 unspecified atom stereocenters. The molecule has 0 saturated heterocycles. The maximum absolute atomic E-state index is 11.5. The summed E-state index contributed by atoms with van der Waals surface area (Å²) in [6.45, 7) is 8.75. The number of ether oxygens (including phenoxy) is 1. The Morgan fingerprint density at radius 1 is 1.36 bits per heavy atom. The van der Waals surface area contributed by atoms with Gasteiger partial charge in [-0.25, -0.2) is 0 Å². The van der Waals surface area contributed by atoms with Crippen LogP contribution in [0.1, 0.15) is 34.1 Å². The molecule has 2 nitrogen and oxygen atoms in total. The summed E-state index contributed by atoms with van der Waals surface area (Å²) in [6.07, 6.45) is 0.936. The van der Waals surface area contributed by atoms with Crippen LogP contribution in [0.2, 0.25) is 0 Å². The molecule has 0 N–H and O–H groups in total. The normalized spacial score (nSPS) is 12.9. The first-order valence-electron chi connectivity index (χ1n) is 5.36. The van der Waals surface area contributed by atoms with Gasteiger partial charge in [0, 0.05) is 5.75 Å². The minimum Gasteiger partial charge on any atom is -0.466 e. The average Bonchev–Trinajstić information content (AvgIpc) is 2.12. The summed E-state index contributed by atoms with van der Waals surface area (Å²) in [5, 5.41) is 0. The van der Waals surface area contributed by atoms with E-state index in [-0.39, 0.29) is 11.9 Å². The molecule has 0 aliphatic heterocycles. The summed E-state index contributed by atoms with van der Waals surface area (Å²) in [4.78, 5) is 11.5. The van der Waals surface area contributed by atoms with Crippen LogP contribution in [0.4, 0.5) is 0 Å². The number of hydrogen-bond acceptors (Lipinski definition) is 3. The highest BCUT2D eigenvalue weighted by Gasteiger charge is 2.20. The second kappa shape index (κ2) is 8.16. The van der Waals surface area contributed by atoms with Gasteiger partial charge in [-0.3, -0.25) is 4.79 Å². The van der Waals surface area contributed by atoms with Gasteiger partial charge < -0.3 is 4.74 Å². The van der Waals surface area contributed by atoms with E-state index < -0.39 is 0 Å². The lowest BCUT2D eigenvalue weighted by Gasteiger charge is -2.16. The topological polar surface area (TPSA) is 26.3 Å². The van der Waals surface area contributed by atoms with Crippen LogP contribution < -0.4 is 0 Å². The Bertz CT molecular complexity index is 157. The standard InChI is InChI=1S/C11H22O2S/c1-5-13-11(12)10(7-9(3)4)8-14-6-2/h9-10H,5-8H2,1-4H3. The predicted molar refractivity (Wildman–Crippen MR) is 62.6 cm³/mol. The van der Waals surface area contributed by atoms with Crippen LogP contribution in [-0.4, -0.2) is 24.1 Å². The molecule has 84 valence electrons. The first-order chi connectivity index (χ1) is 6.61. The van der Waals surface area contributed by atoms with Crippen LogP contribution in [-0.2, 0) is 9.53 Å². The zero-order valence-corrected chi connectivity index (χ0v) is 10.5. The Morgan fingerprint density at radius 2 is 2.00 bits per heavy atom. The highest BCUT2D eigenvalue weighted by molar-refractivity contribution is 7.99. The van der Waals surface area contributed by atoms with Gasteiger partial charge in [-0.1, -0.05) is 20.8 Å². The SMILES string of the molecule is CCOC(=O)C(CSCC)CC(C)C. The molecule has 3 heteroatoms. The summed E-state index contributed by atoms with van der Waals surface area (Å²) < 4.78 is 5.05. The molecule has 14 heavy (non-hydrogen) atoms. The van der Waals surface area contributed by atoms with Gasteiger partial charge in [0.05, 0.1) is 12.5 Å². The lowest BCUT2D eigenvalue weighted by Crippen LogP contribution is -2.22. The average molecular weight is 218 g/mol. The number of esters is 1. The van der Waals surface area contributed by atoms with Crippen molar-refractivity contribution < 1.29 is 9.53 Å². The van der Waals surface area contributed by atoms with Crippen molar-refractivity contribution in [1.29, 1.82) is 0 Å². The fraction of sp³-hybridized carbons (Fsp3) is 0.909. The van der Waals surface area contributed by atoms with Gasteiger partial charge in [-0.2, -0.15) is 11.8 Å². The summed E-state index contributed by atoms with van der Waals surface area (Å²) in [7, 11) is 0. The van der Waals surface area contributed by atoms with Gasteiger partial charge in [0.1, 0.15) is 0 Å². The monoisotopic (exact) mass is 218 g/mol. The van der Waals surface area contributed by atoms with E-state index in [1.807, 2.05) is 18.7 Å². The lowest BCUT2D eigenvalue weighted by atomic mass is 9.99. The highest BCUT2D eigenvalue weighted by atomic mass is 32.2. The third kappa shape index (κ3) is 6.30. The fourth-order valence-electron chi connectivity index (χ4n) is 1.32. The summed E-state index contributed by atoms with van der Waals surface area (Å²) in [5.74, 6) is 2.57. The van der Waals surface area contributed by atoms with Crippen LogP contribution in [0.15, 0.2) is 0 Å². The molecule has 0 heterocycles. The van der Waals surface area contributed by atoms with Crippen molar-refractivity contribution in [1.82, 2.24) is 0 Å². The van der Waals surface area contributed by atoms with E-state index in [0.717, 1.165) is 17.9 Å². The van der Waals surface area contributed by atoms with E-state index >= 15 is 0 Å². The predicted octanol–water partition coefficient (Wildman–Crippen LogP) is 2.96. The number of thioether (sulfide) groups is 1. The van der Waals surface area contributed by atoms with E-state index in [0.29, 0.717) is 12.5 Å². The Balaban J connectivity index is 4.01. The molecule has 0 saturated carbocycles. The van der Waals surface area contributed by atoms with Gasteiger partial charge in [-0.05, 0) is 25.0 Å². The third-order valence-electron chi connectivity index (χ3n) is 1.90. The van der Waals surface area contributed by atoms with Gasteiger partial charge in [0.2, 0.25) is 0 Å². The molecule has 0 amide bonds. The van der Waals surface area contributed by atoms with Crippen molar-refractivity contribution in [2.75, 3.05) is 18.1 Å². The molecule has 0 bridgehead atoms. The van der Waals surface area contributed by atoms with Crippen LogP contribution in [0, 0.1) is 11.8 Å². The Labute approximate surface area is 91.8 Å². The zero-order valence-electron chi connectivity index (χ0n) is 9.71. The van der Waals surface area contributed by atoms with E-state index in [2.05, 4.69) is 20.8 Å². The van der Waals surface area contributed by atoms with Gasteiger partial charge in [-0.15, -0.1) is 0 Å². The maximum Gasteiger partial charge on any atom is 0.309 e. The minimum absolute atomic E-state index is 0.0258. The number of carbonyl (C=O) groups is 1. The largest absolute Gasteiger partial charge is 0.466 e. The molecule has 0 spiro atoms. The van der Waals surface area contributed by atoms with Crippen LogP contribution in [0.25, 0.3) is 0 Å². The summed E-state index contributed by atoms with van der Waals surface area (Å²) >= 11 is 1.81. The van der Waals surface area contributed by atoms with Crippen molar-refractivity contribution in [3.63, 3.8) is 0 Å². The minimum atomic E-state index is -0.0258. The molecule has 0 aliphatic rings. The van der Waals surface area contributed by atoms with Crippen molar-refractivity contribution >= 4 is 17.7 Å². The van der Waals surface area contributed by atoms with Crippen LogP contribution in [0.5, 0.6) is 0 Å². The first-order valence-corrected chi connectivity index (χ1v) is 6.51. The third-order valence-corrected chi connectivity index (χ3v) is 2.95. The molecule has 0 aliphatic carbocycles. The fourth-order valence-corrected chi connectivity index (χ4v) is 2.11. The number of rotatable bonds is 7. The van der Waals surface area contributed by atoms with E-state index in [1.165, 1.54) is 0 Å². The highest BCUT2D eigenvalue weighted by Crippen LogP contribution is 2.18. The molecule has 1 atom stereocenters. The number of hydrogen-bond donors (Lipinski definition) is 0. The molecule has 0 fully saturated rings. The Kier molecular flexibility index (Phi) is 8.05. The van der Waals surface area contributed by atoms with Crippen molar-refractivity contribution in [2.45, 2.75) is 34.1 Å². The van der Waals surface area contributed by atoms with Crippen LogP contribution in [0.3, 0.4) is 0 Å². The van der Waals surface area contributed by atoms with Crippen molar-refractivity contribution in [3.8, 4) is 0 Å². The Morgan fingerprint density at radius 3 is 2.43 bits per heavy atom. The van der Waals surface area contributed by atoms with Crippen molar-refractivity contribution in [3.05, 3.63) is 0 Å². The van der Waals surface area contributed by atoms with E-state index in [9.17, 15) is 4.79 Å². The van der Waals surface area contributed by atoms with Gasteiger partial charge >= 0.3 is 5.97 Å². The second-order valence-electron chi connectivity index (χ2n) is 3.74. The second-order valence-corrected chi connectivity index (χ2v) is 5.06. The quantitative estimate of drug-likeness (QED) is 0.615.